The van der Waals surface area contributed by atoms with Gasteiger partial charge >= 0.3 is 0 Å². The molecule has 1 aromatic rings. The molecule has 0 fully saturated rings. The first-order valence-corrected chi connectivity index (χ1v) is 5.32. The summed E-state index contributed by atoms with van der Waals surface area (Å²) in [6, 6.07) is 7.07. The number of carbonyl (C=O) groups excluding carboxylic acids is 1. The second-order valence-corrected chi connectivity index (χ2v) is 4.30. The van der Waals surface area contributed by atoms with Gasteiger partial charge in [-0.2, -0.15) is 0 Å². The van der Waals surface area contributed by atoms with Crippen LogP contribution in [0.25, 0.3) is 0 Å². The van der Waals surface area contributed by atoms with Gasteiger partial charge in [0.25, 0.3) is 0 Å². The second kappa shape index (κ2) is 5.19. The van der Waals surface area contributed by atoms with E-state index in [1.165, 1.54) is 0 Å². The summed E-state index contributed by atoms with van der Waals surface area (Å²) in [6.45, 7) is 2.83. The van der Waals surface area contributed by atoms with E-state index < -0.39 is 5.92 Å². The van der Waals surface area contributed by atoms with Crippen molar-refractivity contribution < 1.29 is 13.6 Å². The van der Waals surface area contributed by atoms with Crippen LogP contribution in [0, 0.1) is 0 Å². The predicted octanol–water partition coefficient (Wildman–Crippen LogP) is 3.58. The molecule has 16 heavy (non-hydrogen) atoms. The lowest BCUT2D eigenvalue weighted by Crippen LogP contribution is -2.13. The van der Waals surface area contributed by atoms with E-state index in [1.54, 1.807) is 18.2 Å². The number of hydrogen-bond acceptors (Lipinski definition) is 1. The van der Waals surface area contributed by atoms with Crippen molar-refractivity contribution in [1.82, 2.24) is 0 Å². The van der Waals surface area contributed by atoms with Gasteiger partial charge in [0.2, 0.25) is 5.92 Å². The minimum atomic E-state index is -2.69. The quantitative estimate of drug-likeness (QED) is 0.701. The maximum atomic E-state index is 12.8. The van der Waals surface area contributed by atoms with Crippen LogP contribution in [0.15, 0.2) is 24.3 Å². The standard InChI is InChI=1S/C13H16F2O/c1-10(6-7-16)12-5-3-4-11(8-12)9-13(2,14)15/h3-5,7-8,10H,6,9H2,1-2H3. The first kappa shape index (κ1) is 12.8. The maximum absolute atomic E-state index is 12.8. The fraction of sp³-hybridized carbons (Fsp3) is 0.462. The lowest BCUT2D eigenvalue weighted by molar-refractivity contribution is -0.108. The van der Waals surface area contributed by atoms with Gasteiger partial charge in [0.15, 0.2) is 0 Å². The van der Waals surface area contributed by atoms with Crippen LogP contribution in [0.3, 0.4) is 0 Å². The highest BCUT2D eigenvalue weighted by Crippen LogP contribution is 2.23. The van der Waals surface area contributed by atoms with Gasteiger partial charge in [-0.3, -0.25) is 0 Å². The molecule has 1 atom stereocenters. The van der Waals surface area contributed by atoms with E-state index in [2.05, 4.69) is 0 Å². The molecule has 3 heteroatoms. The lowest BCUT2D eigenvalue weighted by Gasteiger charge is -2.13. The van der Waals surface area contributed by atoms with Crippen molar-refractivity contribution in [3.8, 4) is 0 Å². The number of hydrogen-bond donors (Lipinski definition) is 0. The van der Waals surface area contributed by atoms with Crippen molar-refractivity contribution in [2.45, 2.75) is 38.5 Å². The Balaban J connectivity index is 2.82. The number of benzene rings is 1. The molecule has 1 unspecified atom stereocenters. The molecule has 1 aromatic carbocycles. The summed E-state index contributed by atoms with van der Waals surface area (Å²) >= 11 is 0. The molecule has 1 rings (SSSR count). The molecule has 0 bridgehead atoms. The van der Waals surface area contributed by atoms with Crippen molar-refractivity contribution in [1.29, 1.82) is 0 Å². The van der Waals surface area contributed by atoms with Crippen LogP contribution in [0.4, 0.5) is 8.78 Å². The Kier molecular flexibility index (Phi) is 4.16. The van der Waals surface area contributed by atoms with Crippen molar-refractivity contribution >= 4 is 6.29 Å². The second-order valence-electron chi connectivity index (χ2n) is 4.30. The zero-order chi connectivity index (χ0) is 12.2. The number of aldehydes is 1. The average Bonchev–Trinajstić information content (AvgIpc) is 2.16. The fourth-order valence-corrected chi connectivity index (χ4v) is 1.65. The highest BCUT2D eigenvalue weighted by atomic mass is 19.3. The molecule has 0 aliphatic rings. The summed E-state index contributed by atoms with van der Waals surface area (Å²) in [5, 5.41) is 0. The van der Waals surface area contributed by atoms with E-state index in [-0.39, 0.29) is 12.3 Å². The summed E-state index contributed by atoms with van der Waals surface area (Å²) in [5.41, 5.74) is 1.55. The van der Waals surface area contributed by atoms with Gasteiger partial charge in [-0.1, -0.05) is 31.2 Å². The third-order valence-corrected chi connectivity index (χ3v) is 2.48. The molecular formula is C13H16F2O. The minimum Gasteiger partial charge on any atom is -0.303 e. The summed E-state index contributed by atoms with van der Waals surface area (Å²) < 4.78 is 25.7. The first-order valence-electron chi connectivity index (χ1n) is 5.32. The Morgan fingerprint density at radius 2 is 2.12 bits per heavy atom. The van der Waals surface area contributed by atoms with E-state index in [4.69, 9.17) is 0 Å². The Hall–Kier alpha value is -1.25. The van der Waals surface area contributed by atoms with Crippen molar-refractivity contribution in [3.63, 3.8) is 0 Å². The summed E-state index contributed by atoms with van der Waals surface area (Å²) in [7, 11) is 0. The molecule has 0 N–H and O–H groups in total. The molecule has 0 amide bonds. The first-order chi connectivity index (χ1) is 7.42. The van der Waals surface area contributed by atoms with Crippen LogP contribution in [-0.4, -0.2) is 12.2 Å². The molecule has 0 saturated carbocycles. The lowest BCUT2D eigenvalue weighted by atomic mass is 9.95. The van der Waals surface area contributed by atoms with E-state index >= 15 is 0 Å². The van der Waals surface area contributed by atoms with Crippen molar-refractivity contribution in [3.05, 3.63) is 35.4 Å². The Labute approximate surface area is 94.5 Å². The van der Waals surface area contributed by atoms with Crippen LogP contribution in [-0.2, 0) is 11.2 Å². The van der Waals surface area contributed by atoms with E-state index in [0.29, 0.717) is 12.0 Å². The highest BCUT2D eigenvalue weighted by Gasteiger charge is 2.21. The Morgan fingerprint density at radius 1 is 1.44 bits per heavy atom. The van der Waals surface area contributed by atoms with Gasteiger partial charge < -0.3 is 4.79 Å². The number of carbonyl (C=O) groups is 1. The van der Waals surface area contributed by atoms with E-state index in [1.807, 2.05) is 13.0 Å². The van der Waals surface area contributed by atoms with Crippen molar-refractivity contribution in [2.75, 3.05) is 0 Å². The monoisotopic (exact) mass is 226 g/mol. The van der Waals surface area contributed by atoms with Crippen LogP contribution < -0.4 is 0 Å². The molecule has 1 nitrogen and oxygen atoms in total. The maximum Gasteiger partial charge on any atom is 0.249 e. The van der Waals surface area contributed by atoms with Gasteiger partial charge in [-0.05, 0) is 24.0 Å². The zero-order valence-electron chi connectivity index (χ0n) is 9.54. The fourth-order valence-electron chi connectivity index (χ4n) is 1.65. The van der Waals surface area contributed by atoms with Gasteiger partial charge in [0.1, 0.15) is 6.29 Å². The van der Waals surface area contributed by atoms with E-state index in [0.717, 1.165) is 18.8 Å². The minimum absolute atomic E-state index is 0.0860. The highest BCUT2D eigenvalue weighted by molar-refractivity contribution is 5.51. The number of halogens is 2. The molecule has 0 aliphatic carbocycles. The smallest absolute Gasteiger partial charge is 0.249 e. The molecule has 0 radical (unpaired) electrons. The molecule has 0 heterocycles. The molecule has 0 spiro atoms. The van der Waals surface area contributed by atoms with E-state index in [9.17, 15) is 13.6 Å². The number of alkyl halides is 2. The zero-order valence-corrected chi connectivity index (χ0v) is 9.54. The molecule has 0 saturated heterocycles. The van der Waals surface area contributed by atoms with Gasteiger partial charge in [0.05, 0.1) is 0 Å². The molecule has 88 valence electrons. The summed E-state index contributed by atoms with van der Waals surface area (Å²) in [6.07, 6.45) is 1.02. The predicted molar refractivity (Wildman–Crippen MR) is 59.9 cm³/mol. The van der Waals surface area contributed by atoms with Gasteiger partial charge in [-0.15, -0.1) is 0 Å². The van der Waals surface area contributed by atoms with Crippen molar-refractivity contribution in [2.24, 2.45) is 0 Å². The van der Waals surface area contributed by atoms with Crippen LogP contribution in [0.2, 0.25) is 0 Å². The molecule has 0 aromatic heterocycles. The SMILES string of the molecule is CC(CC=O)c1cccc(CC(C)(F)F)c1. The van der Waals surface area contributed by atoms with Crippen LogP contribution >= 0.6 is 0 Å². The van der Waals surface area contributed by atoms with Gasteiger partial charge in [-0.25, -0.2) is 8.78 Å². The third-order valence-electron chi connectivity index (χ3n) is 2.48. The Bertz CT molecular complexity index is 355. The Morgan fingerprint density at radius 3 is 2.69 bits per heavy atom. The summed E-state index contributed by atoms with van der Waals surface area (Å²) in [4.78, 5) is 10.4. The normalized spacial score (nSPS) is 13.5. The number of rotatable bonds is 5. The topological polar surface area (TPSA) is 17.1 Å². The summed E-state index contributed by atoms with van der Waals surface area (Å²) in [5.74, 6) is -2.60. The average molecular weight is 226 g/mol. The molecule has 0 aliphatic heterocycles. The van der Waals surface area contributed by atoms with Crippen LogP contribution in [0.5, 0.6) is 0 Å². The largest absolute Gasteiger partial charge is 0.303 e. The third kappa shape index (κ3) is 4.09. The molecular weight excluding hydrogens is 210 g/mol. The van der Waals surface area contributed by atoms with Crippen LogP contribution in [0.1, 0.15) is 37.3 Å². The van der Waals surface area contributed by atoms with Gasteiger partial charge in [0, 0.05) is 12.8 Å².